The SMILES string of the molecule is NCC(CO)Cc1cc(-c2cnn(-c3ccc(Cl)cc3Cl)c2)ccc1F. The molecule has 0 spiro atoms. The Kier molecular flexibility index (Phi) is 5.94. The molecule has 1 atom stereocenters. The van der Waals surface area contributed by atoms with E-state index in [1.165, 1.54) is 6.07 Å². The minimum absolute atomic E-state index is 0.0762. The molecule has 0 fully saturated rings. The Hall–Kier alpha value is -1.92. The second-order valence-corrected chi connectivity index (χ2v) is 6.91. The van der Waals surface area contributed by atoms with Gasteiger partial charge in [-0.15, -0.1) is 0 Å². The predicted molar refractivity (Wildman–Crippen MR) is 102 cm³/mol. The van der Waals surface area contributed by atoms with Crippen LogP contribution < -0.4 is 5.73 Å². The van der Waals surface area contributed by atoms with Crippen molar-refractivity contribution in [3.05, 3.63) is 70.2 Å². The minimum atomic E-state index is -0.311. The Morgan fingerprint density at radius 1 is 1.15 bits per heavy atom. The van der Waals surface area contributed by atoms with Crippen LogP contribution in [0.3, 0.4) is 0 Å². The number of nitrogens with two attached hydrogens (primary N) is 1. The highest BCUT2D eigenvalue weighted by Gasteiger charge is 2.13. The standard InChI is InChI=1S/C19H18Cl2FN3O/c20-16-2-4-19(17(21)7-16)25-10-15(9-24-25)13-1-3-18(22)14(6-13)5-12(8-23)11-26/h1-4,6-7,9-10,12,26H,5,8,11,23H2. The van der Waals surface area contributed by atoms with Gasteiger partial charge in [0.25, 0.3) is 0 Å². The van der Waals surface area contributed by atoms with Crippen molar-refractivity contribution in [3.63, 3.8) is 0 Å². The van der Waals surface area contributed by atoms with Crippen LogP contribution in [0.15, 0.2) is 48.8 Å². The van der Waals surface area contributed by atoms with Gasteiger partial charge in [0.15, 0.2) is 0 Å². The van der Waals surface area contributed by atoms with Crippen LogP contribution in [0.25, 0.3) is 16.8 Å². The predicted octanol–water partition coefficient (Wildman–Crippen LogP) is 4.09. The summed E-state index contributed by atoms with van der Waals surface area (Å²) in [6.07, 6.45) is 3.89. The van der Waals surface area contributed by atoms with Gasteiger partial charge in [0.05, 0.1) is 16.9 Å². The molecule has 0 aliphatic carbocycles. The van der Waals surface area contributed by atoms with Gasteiger partial charge in [-0.3, -0.25) is 0 Å². The van der Waals surface area contributed by atoms with E-state index in [1.54, 1.807) is 41.2 Å². The summed E-state index contributed by atoms with van der Waals surface area (Å²) in [5.41, 5.74) is 8.48. The smallest absolute Gasteiger partial charge is 0.126 e. The van der Waals surface area contributed by atoms with Crippen LogP contribution in [-0.4, -0.2) is 28.0 Å². The Morgan fingerprint density at radius 3 is 2.65 bits per heavy atom. The van der Waals surface area contributed by atoms with Gasteiger partial charge in [-0.25, -0.2) is 9.07 Å². The molecule has 3 N–H and O–H groups in total. The lowest BCUT2D eigenvalue weighted by Gasteiger charge is -2.13. The van der Waals surface area contributed by atoms with Gasteiger partial charge in [0, 0.05) is 23.4 Å². The number of aliphatic hydroxyl groups excluding tert-OH is 1. The van der Waals surface area contributed by atoms with Gasteiger partial charge in [-0.1, -0.05) is 29.3 Å². The van der Waals surface area contributed by atoms with E-state index in [4.69, 9.17) is 28.9 Å². The van der Waals surface area contributed by atoms with E-state index in [2.05, 4.69) is 5.10 Å². The minimum Gasteiger partial charge on any atom is -0.396 e. The summed E-state index contributed by atoms with van der Waals surface area (Å²) in [5, 5.41) is 14.7. The lowest BCUT2D eigenvalue weighted by Crippen LogP contribution is -2.20. The Morgan fingerprint density at radius 2 is 1.96 bits per heavy atom. The summed E-state index contributed by atoms with van der Waals surface area (Å²) in [5.74, 6) is -0.482. The number of nitrogens with zero attached hydrogens (tertiary/aromatic N) is 2. The van der Waals surface area contributed by atoms with Gasteiger partial charge >= 0.3 is 0 Å². The number of halogens is 3. The van der Waals surface area contributed by atoms with E-state index in [0.29, 0.717) is 34.3 Å². The molecular weight excluding hydrogens is 376 g/mol. The van der Waals surface area contributed by atoms with Crippen molar-refractivity contribution in [1.29, 1.82) is 0 Å². The molecule has 7 heteroatoms. The first-order valence-corrected chi connectivity index (χ1v) is 8.87. The van der Waals surface area contributed by atoms with E-state index < -0.39 is 0 Å². The second-order valence-electron chi connectivity index (χ2n) is 6.06. The zero-order valence-electron chi connectivity index (χ0n) is 13.9. The highest BCUT2D eigenvalue weighted by atomic mass is 35.5. The average Bonchev–Trinajstić information content (AvgIpc) is 3.10. The maximum Gasteiger partial charge on any atom is 0.126 e. The molecule has 136 valence electrons. The highest BCUT2D eigenvalue weighted by molar-refractivity contribution is 6.35. The molecule has 0 aliphatic rings. The van der Waals surface area contributed by atoms with Crippen LogP contribution in [0.2, 0.25) is 10.0 Å². The second kappa shape index (κ2) is 8.18. The van der Waals surface area contributed by atoms with Gasteiger partial charge in [0.1, 0.15) is 5.82 Å². The summed E-state index contributed by atoms with van der Waals surface area (Å²) < 4.78 is 15.8. The van der Waals surface area contributed by atoms with E-state index >= 15 is 0 Å². The molecule has 3 aromatic rings. The summed E-state index contributed by atoms with van der Waals surface area (Å²) >= 11 is 12.2. The Bertz CT molecular complexity index is 910. The molecule has 2 aromatic carbocycles. The van der Waals surface area contributed by atoms with Crippen LogP contribution >= 0.6 is 23.2 Å². The molecule has 0 saturated carbocycles. The van der Waals surface area contributed by atoms with Crippen molar-refractivity contribution in [3.8, 4) is 16.8 Å². The molecule has 26 heavy (non-hydrogen) atoms. The topological polar surface area (TPSA) is 64.1 Å². The first-order valence-electron chi connectivity index (χ1n) is 8.11. The van der Waals surface area contributed by atoms with Gasteiger partial charge < -0.3 is 10.8 Å². The molecule has 1 heterocycles. The number of hydrogen-bond donors (Lipinski definition) is 2. The molecule has 1 aromatic heterocycles. The molecule has 0 bridgehead atoms. The number of hydrogen-bond acceptors (Lipinski definition) is 3. The van der Waals surface area contributed by atoms with Crippen LogP contribution in [0, 0.1) is 11.7 Å². The summed E-state index contributed by atoms with van der Waals surface area (Å²) in [4.78, 5) is 0. The van der Waals surface area contributed by atoms with Crippen molar-refractivity contribution in [1.82, 2.24) is 9.78 Å². The number of aliphatic hydroxyl groups is 1. The van der Waals surface area contributed by atoms with Crippen molar-refractivity contribution >= 4 is 23.2 Å². The largest absolute Gasteiger partial charge is 0.396 e. The molecule has 0 radical (unpaired) electrons. The normalized spacial score (nSPS) is 12.3. The van der Waals surface area contributed by atoms with Crippen LogP contribution in [0.4, 0.5) is 4.39 Å². The highest BCUT2D eigenvalue weighted by Crippen LogP contribution is 2.27. The van der Waals surface area contributed by atoms with E-state index in [9.17, 15) is 9.50 Å². The first-order chi connectivity index (χ1) is 12.5. The molecule has 0 saturated heterocycles. The van der Waals surface area contributed by atoms with Crippen LogP contribution in [0.1, 0.15) is 5.56 Å². The molecule has 0 amide bonds. The van der Waals surface area contributed by atoms with Gasteiger partial charge in [-0.2, -0.15) is 5.10 Å². The zero-order valence-corrected chi connectivity index (χ0v) is 15.4. The zero-order chi connectivity index (χ0) is 18.7. The molecule has 0 aliphatic heterocycles. The summed E-state index contributed by atoms with van der Waals surface area (Å²) in [7, 11) is 0. The number of benzene rings is 2. The van der Waals surface area contributed by atoms with Crippen LogP contribution in [-0.2, 0) is 6.42 Å². The fourth-order valence-corrected chi connectivity index (χ4v) is 3.21. The quantitative estimate of drug-likeness (QED) is 0.662. The van der Waals surface area contributed by atoms with Crippen molar-refractivity contribution in [2.75, 3.05) is 13.2 Å². The monoisotopic (exact) mass is 393 g/mol. The third-order valence-electron chi connectivity index (χ3n) is 4.22. The maximum atomic E-state index is 14.1. The summed E-state index contributed by atoms with van der Waals surface area (Å²) in [6, 6.07) is 10.0. The Balaban J connectivity index is 1.91. The van der Waals surface area contributed by atoms with Gasteiger partial charge in [0.2, 0.25) is 0 Å². The van der Waals surface area contributed by atoms with Crippen molar-refractivity contribution < 1.29 is 9.50 Å². The number of rotatable bonds is 6. The third-order valence-corrected chi connectivity index (χ3v) is 4.76. The third kappa shape index (κ3) is 4.07. The van der Waals surface area contributed by atoms with Crippen molar-refractivity contribution in [2.45, 2.75) is 6.42 Å². The van der Waals surface area contributed by atoms with E-state index in [-0.39, 0.29) is 18.3 Å². The fourth-order valence-electron chi connectivity index (χ4n) is 2.71. The lowest BCUT2D eigenvalue weighted by molar-refractivity contribution is 0.229. The van der Waals surface area contributed by atoms with Crippen molar-refractivity contribution in [2.24, 2.45) is 11.7 Å². The molecule has 4 nitrogen and oxygen atoms in total. The fraction of sp³-hybridized carbons (Fsp3) is 0.211. The van der Waals surface area contributed by atoms with Gasteiger partial charge in [-0.05, 0) is 60.3 Å². The van der Waals surface area contributed by atoms with E-state index in [0.717, 1.165) is 11.1 Å². The Labute approximate surface area is 161 Å². The maximum absolute atomic E-state index is 14.1. The average molecular weight is 394 g/mol. The molecule has 3 rings (SSSR count). The molecule has 1 unspecified atom stereocenters. The summed E-state index contributed by atoms with van der Waals surface area (Å²) in [6.45, 7) is 0.223. The first kappa shape index (κ1) is 18.9. The van der Waals surface area contributed by atoms with Crippen LogP contribution in [0.5, 0.6) is 0 Å². The molecular formula is C19H18Cl2FN3O. The lowest BCUT2D eigenvalue weighted by atomic mass is 9.97. The van der Waals surface area contributed by atoms with E-state index in [1.807, 2.05) is 6.20 Å². The number of aromatic nitrogens is 2.